The molecule has 0 saturated heterocycles. The second-order valence-corrected chi connectivity index (χ2v) is 5.05. The molecule has 2 N–H and O–H groups in total. The molecule has 4 nitrogen and oxygen atoms in total. The van der Waals surface area contributed by atoms with E-state index in [2.05, 4.69) is 5.32 Å². The van der Waals surface area contributed by atoms with E-state index in [1.54, 1.807) is 0 Å². The molecular formula is C13H15NO3. The van der Waals surface area contributed by atoms with Gasteiger partial charge in [0, 0.05) is 11.1 Å². The van der Waals surface area contributed by atoms with Crippen LogP contribution in [0.3, 0.4) is 0 Å². The van der Waals surface area contributed by atoms with Crippen LogP contribution in [0.4, 0.5) is 5.69 Å². The fourth-order valence-electron chi connectivity index (χ4n) is 2.12. The summed E-state index contributed by atoms with van der Waals surface area (Å²) in [5.41, 5.74) is 2.28. The summed E-state index contributed by atoms with van der Waals surface area (Å²) in [4.78, 5) is 22.0. The first-order valence-corrected chi connectivity index (χ1v) is 5.53. The predicted octanol–water partition coefficient (Wildman–Crippen LogP) is 1.93. The van der Waals surface area contributed by atoms with Crippen molar-refractivity contribution in [2.75, 3.05) is 5.32 Å². The average molecular weight is 233 g/mol. The van der Waals surface area contributed by atoms with Crippen LogP contribution in [0.1, 0.15) is 31.4 Å². The summed E-state index contributed by atoms with van der Waals surface area (Å²) in [7, 11) is 0. The van der Waals surface area contributed by atoms with Crippen LogP contribution in [0, 0.1) is 0 Å². The summed E-state index contributed by atoms with van der Waals surface area (Å²) in [5.74, 6) is -0.826. The van der Waals surface area contributed by atoms with Crippen LogP contribution in [0.5, 0.6) is 0 Å². The molecule has 0 radical (unpaired) electrons. The quantitative estimate of drug-likeness (QED) is 0.838. The Balaban J connectivity index is 2.32. The van der Waals surface area contributed by atoms with Gasteiger partial charge in [-0.15, -0.1) is 0 Å². The predicted molar refractivity (Wildman–Crippen MR) is 64.1 cm³/mol. The third-order valence-corrected chi connectivity index (χ3v) is 3.11. The molecule has 1 aliphatic heterocycles. The van der Waals surface area contributed by atoms with Gasteiger partial charge in [0.05, 0.1) is 12.8 Å². The van der Waals surface area contributed by atoms with Crippen LogP contribution in [0.25, 0.3) is 0 Å². The highest BCUT2D eigenvalue weighted by Gasteiger charge is 2.26. The van der Waals surface area contributed by atoms with Crippen LogP contribution >= 0.6 is 0 Å². The lowest BCUT2D eigenvalue weighted by Gasteiger charge is -2.23. The zero-order valence-corrected chi connectivity index (χ0v) is 9.91. The van der Waals surface area contributed by atoms with E-state index in [-0.39, 0.29) is 12.3 Å². The molecule has 2 rings (SSSR count). The standard InChI is InChI=1S/C13H15NO3/c1-13(2,7-12(16)17)9-4-3-8-5-11(15)14-10(8)6-9/h3-4,6H,5,7H2,1-2H3,(H,14,15)(H,16,17). The average Bonchev–Trinajstić information content (AvgIpc) is 2.54. The molecular weight excluding hydrogens is 218 g/mol. The number of carboxylic acid groups (broad SMARTS) is 1. The summed E-state index contributed by atoms with van der Waals surface area (Å²) >= 11 is 0. The highest BCUT2D eigenvalue weighted by Crippen LogP contribution is 2.32. The number of carbonyl (C=O) groups is 2. The highest BCUT2D eigenvalue weighted by atomic mass is 16.4. The summed E-state index contributed by atoms with van der Waals surface area (Å²) in [6.45, 7) is 3.78. The fourth-order valence-corrected chi connectivity index (χ4v) is 2.12. The Morgan fingerprint density at radius 3 is 2.82 bits per heavy atom. The number of rotatable bonds is 3. The summed E-state index contributed by atoms with van der Waals surface area (Å²) in [5, 5.41) is 11.7. The second kappa shape index (κ2) is 3.87. The normalized spacial score (nSPS) is 14.4. The van der Waals surface area contributed by atoms with Crippen molar-refractivity contribution in [3.05, 3.63) is 29.3 Å². The van der Waals surface area contributed by atoms with Crippen molar-refractivity contribution in [3.63, 3.8) is 0 Å². The van der Waals surface area contributed by atoms with Crippen molar-refractivity contribution < 1.29 is 14.7 Å². The van der Waals surface area contributed by atoms with Gasteiger partial charge in [0.25, 0.3) is 0 Å². The molecule has 1 heterocycles. The number of fused-ring (bicyclic) bond motifs is 1. The van der Waals surface area contributed by atoms with Gasteiger partial charge in [-0.25, -0.2) is 0 Å². The zero-order chi connectivity index (χ0) is 12.6. The van der Waals surface area contributed by atoms with Gasteiger partial charge >= 0.3 is 5.97 Å². The summed E-state index contributed by atoms with van der Waals surface area (Å²) in [6.07, 6.45) is 0.481. The summed E-state index contributed by atoms with van der Waals surface area (Å²) < 4.78 is 0. The molecule has 90 valence electrons. The van der Waals surface area contributed by atoms with Gasteiger partial charge in [0.15, 0.2) is 0 Å². The van der Waals surface area contributed by atoms with Crippen molar-refractivity contribution in [2.45, 2.75) is 32.1 Å². The van der Waals surface area contributed by atoms with E-state index in [1.807, 2.05) is 32.0 Å². The number of aliphatic carboxylic acids is 1. The minimum atomic E-state index is -0.820. The Morgan fingerprint density at radius 2 is 2.18 bits per heavy atom. The van der Waals surface area contributed by atoms with Crippen LogP contribution < -0.4 is 5.32 Å². The minimum Gasteiger partial charge on any atom is -0.481 e. The van der Waals surface area contributed by atoms with E-state index < -0.39 is 11.4 Å². The zero-order valence-electron chi connectivity index (χ0n) is 9.91. The van der Waals surface area contributed by atoms with Crippen molar-refractivity contribution >= 4 is 17.6 Å². The molecule has 1 aromatic carbocycles. The van der Waals surface area contributed by atoms with E-state index in [4.69, 9.17) is 5.11 Å². The first-order valence-electron chi connectivity index (χ1n) is 5.53. The Morgan fingerprint density at radius 1 is 1.47 bits per heavy atom. The third kappa shape index (κ3) is 2.30. The fraction of sp³-hybridized carbons (Fsp3) is 0.385. The molecule has 1 aliphatic rings. The molecule has 4 heteroatoms. The monoisotopic (exact) mass is 233 g/mol. The van der Waals surface area contributed by atoms with E-state index >= 15 is 0 Å². The van der Waals surface area contributed by atoms with Gasteiger partial charge in [-0.2, -0.15) is 0 Å². The molecule has 0 aromatic heterocycles. The van der Waals surface area contributed by atoms with E-state index in [1.165, 1.54) is 0 Å². The lowest BCUT2D eigenvalue weighted by molar-refractivity contribution is -0.138. The SMILES string of the molecule is CC(C)(CC(=O)O)c1ccc2c(c1)NC(=O)C2. The van der Waals surface area contributed by atoms with Crippen LogP contribution in [0.2, 0.25) is 0 Å². The molecule has 1 aromatic rings. The van der Waals surface area contributed by atoms with E-state index in [0.717, 1.165) is 16.8 Å². The van der Waals surface area contributed by atoms with Crippen LogP contribution in [-0.4, -0.2) is 17.0 Å². The minimum absolute atomic E-state index is 0.00630. The smallest absolute Gasteiger partial charge is 0.304 e. The molecule has 0 bridgehead atoms. The maximum atomic E-state index is 11.2. The number of benzene rings is 1. The van der Waals surface area contributed by atoms with Gasteiger partial charge in [0.1, 0.15) is 0 Å². The van der Waals surface area contributed by atoms with Crippen molar-refractivity contribution in [1.82, 2.24) is 0 Å². The topological polar surface area (TPSA) is 66.4 Å². The number of hydrogen-bond acceptors (Lipinski definition) is 2. The van der Waals surface area contributed by atoms with E-state index in [9.17, 15) is 9.59 Å². The lowest BCUT2D eigenvalue weighted by atomic mass is 9.81. The maximum Gasteiger partial charge on any atom is 0.304 e. The Bertz CT molecular complexity index is 491. The number of carbonyl (C=O) groups excluding carboxylic acids is 1. The van der Waals surface area contributed by atoms with Gasteiger partial charge in [-0.05, 0) is 17.2 Å². The first-order chi connectivity index (χ1) is 7.88. The van der Waals surface area contributed by atoms with Gasteiger partial charge in [0.2, 0.25) is 5.91 Å². The molecule has 1 amide bonds. The molecule has 0 spiro atoms. The van der Waals surface area contributed by atoms with Gasteiger partial charge in [-0.1, -0.05) is 26.0 Å². The van der Waals surface area contributed by atoms with Gasteiger partial charge in [-0.3, -0.25) is 9.59 Å². The molecule has 0 fully saturated rings. The van der Waals surface area contributed by atoms with E-state index in [0.29, 0.717) is 6.42 Å². The Hall–Kier alpha value is -1.84. The number of carboxylic acids is 1. The Kier molecular flexibility index (Phi) is 2.65. The highest BCUT2D eigenvalue weighted by molar-refractivity contribution is 5.99. The first kappa shape index (κ1) is 11.6. The molecule has 0 aliphatic carbocycles. The van der Waals surface area contributed by atoms with Crippen molar-refractivity contribution in [3.8, 4) is 0 Å². The maximum absolute atomic E-state index is 11.2. The number of anilines is 1. The molecule has 0 atom stereocenters. The van der Waals surface area contributed by atoms with Gasteiger partial charge < -0.3 is 10.4 Å². The van der Waals surface area contributed by atoms with Crippen molar-refractivity contribution in [2.24, 2.45) is 0 Å². The molecule has 0 unspecified atom stereocenters. The third-order valence-electron chi connectivity index (χ3n) is 3.11. The Labute approximate surface area is 99.6 Å². The molecule has 0 saturated carbocycles. The van der Waals surface area contributed by atoms with Crippen molar-refractivity contribution in [1.29, 1.82) is 0 Å². The number of hydrogen-bond donors (Lipinski definition) is 2. The van der Waals surface area contributed by atoms with Crippen LogP contribution in [0.15, 0.2) is 18.2 Å². The second-order valence-electron chi connectivity index (χ2n) is 5.05. The summed E-state index contributed by atoms with van der Waals surface area (Å²) in [6, 6.07) is 5.68. The molecule has 17 heavy (non-hydrogen) atoms. The van der Waals surface area contributed by atoms with Crippen LogP contribution in [-0.2, 0) is 21.4 Å². The number of nitrogens with one attached hydrogen (secondary N) is 1. The lowest BCUT2D eigenvalue weighted by Crippen LogP contribution is -2.21. The number of amides is 1. The largest absolute Gasteiger partial charge is 0.481 e.